The van der Waals surface area contributed by atoms with Crippen LogP contribution in [-0.2, 0) is 0 Å². The standard InChI is InChI=1S/C11H14Cl2O2/c1-11(2,14)6-7-15-9-5-3-4-8(12)10(9)13/h3-5,14H,6-7H2,1-2H3. The fourth-order valence-corrected chi connectivity index (χ4v) is 1.35. The Kier molecular flexibility index (Phi) is 4.26. The molecule has 0 saturated carbocycles. The van der Waals surface area contributed by atoms with Crippen molar-refractivity contribution < 1.29 is 9.84 Å². The van der Waals surface area contributed by atoms with Crippen molar-refractivity contribution in [2.75, 3.05) is 6.61 Å². The highest BCUT2D eigenvalue weighted by Gasteiger charge is 2.13. The van der Waals surface area contributed by atoms with Gasteiger partial charge >= 0.3 is 0 Å². The monoisotopic (exact) mass is 248 g/mol. The minimum Gasteiger partial charge on any atom is -0.492 e. The SMILES string of the molecule is CC(C)(O)CCOc1cccc(Cl)c1Cl. The van der Waals surface area contributed by atoms with E-state index in [1.807, 2.05) is 0 Å². The van der Waals surface area contributed by atoms with Crippen molar-refractivity contribution >= 4 is 23.2 Å². The van der Waals surface area contributed by atoms with Gasteiger partial charge in [0.2, 0.25) is 0 Å². The number of benzene rings is 1. The van der Waals surface area contributed by atoms with Crippen LogP contribution in [-0.4, -0.2) is 17.3 Å². The van der Waals surface area contributed by atoms with E-state index < -0.39 is 5.60 Å². The first-order valence-electron chi connectivity index (χ1n) is 4.69. The summed E-state index contributed by atoms with van der Waals surface area (Å²) in [4.78, 5) is 0. The van der Waals surface area contributed by atoms with Gasteiger partial charge in [-0.3, -0.25) is 0 Å². The molecule has 0 unspecified atom stereocenters. The fraction of sp³-hybridized carbons (Fsp3) is 0.455. The summed E-state index contributed by atoms with van der Waals surface area (Å²) in [5, 5.41) is 10.4. The molecular formula is C11H14Cl2O2. The van der Waals surface area contributed by atoms with Crippen molar-refractivity contribution in [1.82, 2.24) is 0 Å². The highest BCUT2D eigenvalue weighted by molar-refractivity contribution is 6.42. The minimum atomic E-state index is -0.731. The van der Waals surface area contributed by atoms with E-state index in [4.69, 9.17) is 27.9 Å². The molecule has 0 atom stereocenters. The summed E-state index contributed by atoms with van der Waals surface area (Å²) in [5.41, 5.74) is -0.731. The maximum atomic E-state index is 9.48. The molecular weight excluding hydrogens is 235 g/mol. The molecule has 1 aromatic rings. The van der Waals surface area contributed by atoms with E-state index >= 15 is 0 Å². The van der Waals surface area contributed by atoms with E-state index in [1.54, 1.807) is 32.0 Å². The third-order valence-corrected chi connectivity index (χ3v) is 2.69. The Balaban J connectivity index is 2.55. The second-order valence-corrected chi connectivity index (χ2v) is 4.75. The van der Waals surface area contributed by atoms with Crippen LogP contribution in [0.15, 0.2) is 18.2 Å². The lowest BCUT2D eigenvalue weighted by Gasteiger charge is -2.17. The summed E-state index contributed by atoms with van der Waals surface area (Å²) >= 11 is 11.7. The van der Waals surface area contributed by atoms with Crippen molar-refractivity contribution in [2.24, 2.45) is 0 Å². The van der Waals surface area contributed by atoms with E-state index in [0.29, 0.717) is 28.8 Å². The molecule has 0 aliphatic rings. The third-order valence-electron chi connectivity index (χ3n) is 1.89. The molecule has 2 nitrogen and oxygen atoms in total. The average Bonchev–Trinajstić information content (AvgIpc) is 2.10. The summed E-state index contributed by atoms with van der Waals surface area (Å²) in [5.74, 6) is 0.549. The Morgan fingerprint density at radius 3 is 2.60 bits per heavy atom. The Hall–Kier alpha value is -0.440. The summed E-state index contributed by atoms with van der Waals surface area (Å²) < 4.78 is 5.42. The maximum Gasteiger partial charge on any atom is 0.139 e. The average molecular weight is 249 g/mol. The predicted molar refractivity (Wildman–Crippen MR) is 62.9 cm³/mol. The third kappa shape index (κ3) is 4.29. The lowest BCUT2D eigenvalue weighted by molar-refractivity contribution is 0.0553. The first-order chi connectivity index (χ1) is 6.90. The summed E-state index contributed by atoms with van der Waals surface area (Å²) in [6.45, 7) is 3.87. The van der Waals surface area contributed by atoms with Crippen molar-refractivity contribution in [1.29, 1.82) is 0 Å². The Labute approximate surface area is 99.8 Å². The van der Waals surface area contributed by atoms with E-state index in [1.165, 1.54) is 0 Å². The van der Waals surface area contributed by atoms with Gasteiger partial charge < -0.3 is 9.84 Å². The van der Waals surface area contributed by atoms with Crippen molar-refractivity contribution in [2.45, 2.75) is 25.9 Å². The molecule has 0 saturated heterocycles. The molecule has 0 spiro atoms. The topological polar surface area (TPSA) is 29.5 Å². The molecule has 0 heterocycles. The van der Waals surface area contributed by atoms with Crippen molar-refractivity contribution in [3.63, 3.8) is 0 Å². The second-order valence-electron chi connectivity index (χ2n) is 3.96. The van der Waals surface area contributed by atoms with Gasteiger partial charge in [0.1, 0.15) is 10.8 Å². The number of hydrogen-bond acceptors (Lipinski definition) is 2. The number of hydrogen-bond donors (Lipinski definition) is 1. The van der Waals surface area contributed by atoms with E-state index in [-0.39, 0.29) is 0 Å². The molecule has 0 aromatic heterocycles. The van der Waals surface area contributed by atoms with Crippen LogP contribution < -0.4 is 4.74 Å². The van der Waals surface area contributed by atoms with Crippen LogP contribution in [0.5, 0.6) is 5.75 Å². The lowest BCUT2D eigenvalue weighted by atomic mass is 10.1. The smallest absolute Gasteiger partial charge is 0.139 e. The van der Waals surface area contributed by atoms with Gasteiger partial charge in [0.05, 0.1) is 17.2 Å². The summed E-state index contributed by atoms with van der Waals surface area (Å²) in [6, 6.07) is 5.22. The van der Waals surface area contributed by atoms with Gasteiger partial charge in [-0.2, -0.15) is 0 Å². The van der Waals surface area contributed by atoms with Gasteiger partial charge in [0.15, 0.2) is 0 Å². The lowest BCUT2D eigenvalue weighted by Crippen LogP contribution is -2.21. The van der Waals surface area contributed by atoms with Gasteiger partial charge in [-0.05, 0) is 26.0 Å². The first-order valence-corrected chi connectivity index (χ1v) is 5.45. The van der Waals surface area contributed by atoms with Crippen molar-refractivity contribution in [3.8, 4) is 5.75 Å². The number of ether oxygens (including phenoxy) is 1. The first kappa shape index (κ1) is 12.6. The fourth-order valence-electron chi connectivity index (χ4n) is 1.01. The van der Waals surface area contributed by atoms with Gasteiger partial charge in [0.25, 0.3) is 0 Å². The van der Waals surface area contributed by atoms with Gasteiger partial charge in [-0.1, -0.05) is 29.3 Å². The molecule has 0 fully saturated rings. The number of rotatable bonds is 4. The Bertz CT molecular complexity index is 332. The number of aliphatic hydroxyl groups is 1. The largest absolute Gasteiger partial charge is 0.492 e. The summed E-state index contributed by atoms with van der Waals surface area (Å²) in [6.07, 6.45) is 0.538. The normalized spacial score (nSPS) is 11.5. The zero-order chi connectivity index (χ0) is 11.5. The van der Waals surface area contributed by atoms with Crippen LogP contribution in [0.2, 0.25) is 10.0 Å². The molecule has 0 bridgehead atoms. The Morgan fingerprint density at radius 1 is 1.33 bits per heavy atom. The molecule has 4 heteroatoms. The van der Waals surface area contributed by atoms with Crippen LogP contribution in [0.1, 0.15) is 20.3 Å². The van der Waals surface area contributed by atoms with E-state index in [2.05, 4.69) is 0 Å². The molecule has 1 aromatic carbocycles. The minimum absolute atomic E-state index is 0.406. The molecule has 84 valence electrons. The molecule has 0 amide bonds. The highest BCUT2D eigenvalue weighted by atomic mass is 35.5. The maximum absolute atomic E-state index is 9.48. The molecule has 0 radical (unpaired) electrons. The van der Waals surface area contributed by atoms with E-state index in [9.17, 15) is 5.11 Å². The predicted octanol–water partition coefficient (Wildman–Crippen LogP) is 3.53. The molecule has 0 aliphatic carbocycles. The summed E-state index contributed by atoms with van der Waals surface area (Å²) in [7, 11) is 0. The van der Waals surface area contributed by atoms with Crippen molar-refractivity contribution in [3.05, 3.63) is 28.2 Å². The van der Waals surface area contributed by atoms with Crippen LogP contribution in [0.3, 0.4) is 0 Å². The van der Waals surface area contributed by atoms with Crippen LogP contribution in [0.25, 0.3) is 0 Å². The quantitative estimate of drug-likeness (QED) is 0.884. The molecule has 15 heavy (non-hydrogen) atoms. The van der Waals surface area contributed by atoms with Crippen LogP contribution in [0.4, 0.5) is 0 Å². The zero-order valence-corrected chi connectivity index (χ0v) is 10.3. The van der Waals surface area contributed by atoms with Gasteiger partial charge in [-0.15, -0.1) is 0 Å². The van der Waals surface area contributed by atoms with Gasteiger partial charge in [-0.25, -0.2) is 0 Å². The van der Waals surface area contributed by atoms with Gasteiger partial charge in [0, 0.05) is 6.42 Å². The Morgan fingerprint density at radius 2 is 2.00 bits per heavy atom. The number of halogens is 2. The molecule has 0 aliphatic heterocycles. The molecule has 1 rings (SSSR count). The zero-order valence-electron chi connectivity index (χ0n) is 8.76. The highest BCUT2D eigenvalue weighted by Crippen LogP contribution is 2.31. The van der Waals surface area contributed by atoms with Crippen LogP contribution >= 0.6 is 23.2 Å². The second kappa shape index (κ2) is 5.06. The van der Waals surface area contributed by atoms with E-state index in [0.717, 1.165) is 0 Å². The molecule has 1 N–H and O–H groups in total. The van der Waals surface area contributed by atoms with Crippen LogP contribution in [0, 0.1) is 0 Å².